The first kappa shape index (κ1) is 17.5. The van der Waals surface area contributed by atoms with E-state index in [0.717, 1.165) is 32.9 Å². The summed E-state index contributed by atoms with van der Waals surface area (Å²) in [6.07, 6.45) is 3.86. The molecule has 0 spiro atoms. The first-order valence-electron chi connectivity index (χ1n) is 9.19. The van der Waals surface area contributed by atoms with Gasteiger partial charge in [0.1, 0.15) is 0 Å². The van der Waals surface area contributed by atoms with Crippen LogP contribution in [0.3, 0.4) is 0 Å². The summed E-state index contributed by atoms with van der Waals surface area (Å²) in [5.74, 6) is -0.360. The number of halogens is 1. The number of hydrogen-bond acceptors (Lipinski definition) is 2. The maximum Gasteiger partial charge on any atom is 0.273 e. The van der Waals surface area contributed by atoms with Crippen LogP contribution in [0, 0.1) is 10.1 Å². The van der Waals surface area contributed by atoms with Crippen LogP contribution in [0.25, 0.3) is 21.8 Å². The molecule has 0 saturated heterocycles. The Bertz CT molecular complexity index is 1300. The number of para-hydroxylation sites is 2. The van der Waals surface area contributed by atoms with Gasteiger partial charge in [-0.2, -0.15) is 0 Å². The fourth-order valence-corrected chi connectivity index (χ4v) is 4.27. The molecule has 0 aliphatic heterocycles. The standard InChI is InChI=1S/C23H16ClN3O2/c24-14-9-10-22(27(28)29)17(11-14)23(18-12-25-20-7-3-1-5-15(18)20)19-13-26-21-8-4-2-6-16(19)21/h1-13,23,25-26H. The van der Waals surface area contributed by atoms with Crippen molar-refractivity contribution < 1.29 is 4.92 Å². The van der Waals surface area contributed by atoms with Crippen molar-refractivity contribution in [3.8, 4) is 0 Å². The average molecular weight is 402 g/mol. The van der Waals surface area contributed by atoms with Gasteiger partial charge in [-0.05, 0) is 35.4 Å². The predicted molar refractivity (Wildman–Crippen MR) is 116 cm³/mol. The first-order chi connectivity index (χ1) is 14.1. The SMILES string of the molecule is O=[N+]([O-])c1ccc(Cl)cc1C(c1c[nH]c2ccccc12)c1c[nH]c2ccccc12. The van der Waals surface area contributed by atoms with E-state index in [1.807, 2.05) is 60.9 Å². The summed E-state index contributed by atoms with van der Waals surface area (Å²) in [6, 6.07) is 20.7. The molecule has 0 bridgehead atoms. The quantitative estimate of drug-likeness (QED) is 0.270. The Balaban J connectivity index is 1.86. The Kier molecular flexibility index (Phi) is 4.11. The van der Waals surface area contributed by atoms with Gasteiger partial charge in [0.25, 0.3) is 5.69 Å². The number of nitro groups is 1. The number of aromatic nitrogens is 2. The summed E-state index contributed by atoms with van der Waals surface area (Å²) in [7, 11) is 0. The second-order valence-corrected chi connectivity index (χ2v) is 7.41. The molecule has 0 atom stereocenters. The number of H-pyrrole nitrogens is 2. The number of nitrogens with zero attached hydrogens (tertiary/aromatic N) is 1. The molecule has 0 aliphatic carbocycles. The molecule has 0 fully saturated rings. The lowest BCUT2D eigenvalue weighted by Crippen LogP contribution is -2.06. The third kappa shape index (κ3) is 2.87. The van der Waals surface area contributed by atoms with Crippen LogP contribution >= 0.6 is 11.6 Å². The Morgan fingerprint density at radius 2 is 1.34 bits per heavy atom. The van der Waals surface area contributed by atoms with Gasteiger partial charge in [-0.25, -0.2) is 0 Å². The van der Waals surface area contributed by atoms with Crippen molar-refractivity contribution in [1.29, 1.82) is 0 Å². The maximum absolute atomic E-state index is 11.9. The molecule has 6 heteroatoms. The average Bonchev–Trinajstić information content (AvgIpc) is 3.34. The van der Waals surface area contributed by atoms with Gasteiger partial charge < -0.3 is 9.97 Å². The van der Waals surface area contributed by atoms with E-state index < -0.39 is 0 Å². The van der Waals surface area contributed by atoms with Gasteiger partial charge in [0.2, 0.25) is 0 Å². The zero-order chi connectivity index (χ0) is 20.0. The van der Waals surface area contributed by atoms with Crippen LogP contribution in [-0.4, -0.2) is 14.9 Å². The maximum atomic E-state index is 11.9. The summed E-state index contributed by atoms with van der Waals surface area (Å²) < 4.78 is 0. The summed E-state index contributed by atoms with van der Waals surface area (Å²) in [6.45, 7) is 0. The van der Waals surface area contributed by atoms with Crippen molar-refractivity contribution in [3.05, 3.63) is 111 Å². The van der Waals surface area contributed by atoms with Gasteiger partial charge in [0.05, 0.1) is 4.92 Å². The number of hydrogen-bond donors (Lipinski definition) is 2. The molecule has 0 amide bonds. The smallest absolute Gasteiger partial charge is 0.273 e. The van der Waals surface area contributed by atoms with E-state index in [0.29, 0.717) is 10.6 Å². The van der Waals surface area contributed by atoms with Crippen molar-refractivity contribution in [2.24, 2.45) is 0 Å². The second-order valence-electron chi connectivity index (χ2n) is 6.97. The van der Waals surface area contributed by atoms with Crippen LogP contribution in [0.4, 0.5) is 5.69 Å². The van der Waals surface area contributed by atoms with E-state index in [9.17, 15) is 10.1 Å². The zero-order valence-corrected chi connectivity index (χ0v) is 16.0. The number of rotatable bonds is 4. The molecule has 0 saturated carbocycles. The number of benzene rings is 3. The van der Waals surface area contributed by atoms with E-state index in [1.165, 1.54) is 6.07 Å². The number of nitro benzene ring substituents is 1. The Labute approximate surface area is 171 Å². The van der Waals surface area contributed by atoms with Crippen LogP contribution in [-0.2, 0) is 0 Å². The van der Waals surface area contributed by atoms with Crippen molar-refractivity contribution in [2.75, 3.05) is 0 Å². The van der Waals surface area contributed by atoms with E-state index >= 15 is 0 Å². The number of fused-ring (bicyclic) bond motifs is 2. The van der Waals surface area contributed by atoms with Crippen LogP contribution in [0.1, 0.15) is 22.6 Å². The van der Waals surface area contributed by atoms with E-state index in [1.54, 1.807) is 12.1 Å². The summed E-state index contributed by atoms with van der Waals surface area (Å²) in [5, 5.41) is 14.4. The molecule has 29 heavy (non-hydrogen) atoms. The molecule has 2 aromatic heterocycles. The normalized spacial score (nSPS) is 11.5. The second kappa shape index (κ2) is 6.79. The topological polar surface area (TPSA) is 74.7 Å². The highest BCUT2D eigenvalue weighted by atomic mass is 35.5. The zero-order valence-electron chi connectivity index (χ0n) is 15.2. The molecule has 3 aromatic carbocycles. The van der Waals surface area contributed by atoms with Crippen molar-refractivity contribution in [2.45, 2.75) is 5.92 Å². The molecular formula is C23H16ClN3O2. The molecule has 2 N–H and O–H groups in total. The third-order valence-electron chi connectivity index (χ3n) is 5.36. The Hall–Kier alpha value is -3.57. The molecule has 5 nitrogen and oxygen atoms in total. The molecule has 0 radical (unpaired) electrons. The van der Waals surface area contributed by atoms with Crippen LogP contribution in [0.5, 0.6) is 0 Å². The molecule has 0 unspecified atom stereocenters. The van der Waals surface area contributed by atoms with E-state index in [-0.39, 0.29) is 16.5 Å². The molecule has 0 aliphatic rings. The molecule has 2 heterocycles. The highest BCUT2D eigenvalue weighted by Crippen LogP contribution is 2.43. The molecular weight excluding hydrogens is 386 g/mol. The van der Waals surface area contributed by atoms with Crippen LogP contribution in [0.2, 0.25) is 5.02 Å². The fourth-order valence-electron chi connectivity index (χ4n) is 4.09. The van der Waals surface area contributed by atoms with Gasteiger partial charge in [0, 0.05) is 56.8 Å². The monoisotopic (exact) mass is 401 g/mol. The highest BCUT2D eigenvalue weighted by molar-refractivity contribution is 6.30. The van der Waals surface area contributed by atoms with Gasteiger partial charge in [0.15, 0.2) is 0 Å². The lowest BCUT2D eigenvalue weighted by molar-refractivity contribution is -0.385. The van der Waals surface area contributed by atoms with E-state index in [2.05, 4.69) is 9.97 Å². The summed E-state index contributed by atoms with van der Waals surface area (Å²) in [4.78, 5) is 18.1. The Morgan fingerprint density at radius 1 is 0.793 bits per heavy atom. The highest BCUT2D eigenvalue weighted by Gasteiger charge is 2.29. The first-order valence-corrected chi connectivity index (χ1v) is 9.57. The molecule has 5 aromatic rings. The van der Waals surface area contributed by atoms with Gasteiger partial charge in [-0.3, -0.25) is 10.1 Å². The number of nitrogens with one attached hydrogen (secondary N) is 2. The lowest BCUT2D eigenvalue weighted by Gasteiger charge is -2.18. The number of aromatic amines is 2. The van der Waals surface area contributed by atoms with Crippen molar-refractivity contribution in [1.82, 2.24) is 9.97 Å². The summed E-state index contributed by atoms with van der Waals surface area (Å²) in [5.41, 5.74) is 4.52. The summed E-state index contributed by atoms with van der Waals surface area (Å²) >= 11 is 6.29. The van der Waals surface area contributed by atoms with E-state index in [4.69, 9.17) is 11.6 Å². The van der Waals surface area contributed by atoms with Crippen LogP contribution in [0.15, 0.2) is 79.1 Å². The lowest BCUT2D eigenvalue weighted by atomic mass is 9.84. The van der Waals surface area contributed by atoms with Gasteiger partial charge in [-0.1, -0.05) is 48.0 Å². The van der Waals surface area contributed by atoms with Crippen LogP contribution < -0.4 is 0 Å². The fraction of sp³-hybridized carbons (Fsp3) is 0.0435. The minimum atomic E-state index is -0.360. The van der Waals surface area contributed by atoms with Crippen molar-refractivity contribution in [3.63, 3.8) is 0 Å². The Morgan fingerprint density at radius 3 is 1.90 bits per heavy atom. The third-order valence-corrected chi connectivity index (χ3v) is 5.60. The minimum absolute atomic E-state index is 0.0509. The minimum Gasteiger partial charge on any atom is -0.361 e. The van der Waals surface area contributed by atoms with Gasteiger partial charge in [-0.15, -0.1) is 0 Å². The molecule has 142 valence electrons. The van der Waals surface area contributed by atoms with Crippen molar-refractivity contribution >= 4 is 39.1 Å². The predicted octanol–water partition coefficient (Wildman–Crippen LogP) is 6.39. The van der Waals surface area contributed by atoms with Gasteiger partial charge >= 0.3 is 0 Å². The largest absolute Gasteiger partial charge is 0.361 e. The molecule has 5 rings (SSSR count).